The Kier molecular flexibility index (Phi) is 4.42. The number of para-hydroxylation sites is 1. The highest BCUT2D eigenvalue weighted by Gasteiger charge is 2.17. The van der Waals surface area contributed by atoms with Crippen molar-refractivity contribution in [2.45, 2.75) is 18.9 Å². The number of phenolic OH excluding ortho intramolecular Hbond substituents is 1. The Balaban J connectivity index is 1.77. The summed E-state index contributed by atoms with van der Waals surface area (Å²) in [6.07, 6.45) is 2.34. The average molecular weight is 356 g/mol. The second-order valence-corrected chi connectivity index (χ2v) is 6.53. The summed E-state index contributed by atoms with van der Waals surface area (Å²) in [7, 11) is 0. The maximum atomic E-state index is 10.1. The lowest BCUT2D eigenvalue weighted by Gasteiger charge is -2.14. The maximum absolute atomic E-state index is 10.1. The van der Waals surface area contributed by atoms with Crippen LogP contribution in [0.3, 0.4) is 0 Å². The third-order valence-electron chi connectivity index (χ3n) is 4.33. The molecule has 25 heavy (non-hydrogen) atoms. The van der Waals surface area contributed by atoms with Gasteiger partial charge in [0.05, 0.1) is 17.2 Å². The van der Waals surface area contributed by atoms with Crippen LogP contribution < -0.4 is 5.32 Å². The van der Waals surface area contributed by atoms with Crippen molar-refractivity contribution in [1.29, 1.82) is 0 Å². The number of hydrogen-bond acceptors (Lipinski definition) is 5. The van der Waals surface area contributed by atoms with E-state index in [4.69, 9.17) is 16.3 Å². The third kappa shape index (κ3) is 3.38. The zero-order valence-electron chi connectivity index (χ0n) is 13.6. The Morgan fingerprint density at radius 3 is 2.88 bits per heavy atom. The Bertz CT molecular complexity index is 910. The predicted octanol–water partition coefficient (Wildman–Crippen LogP) is 4.25. The van der Waals surface area contributed by atoms with Crippen LogP contribution in [0.2, 0.25) is 5.02 Å². The largest absolute Gasteiger partial charge is 0.507 e. The number of aromatic hydroxyl groups is 1. The standard InChI is InChI=1S/C19H18ClN3O2/c20-12-7-8-14-16(10-12)22-19(15-5-1-2-6-17(15)24)23-18(14)21-11-13-4-3-9-25-13/h1-2,5-8,10,13,24H,3-4,9,11H2,(H,21,22,23). The molecule has 1 saturated heterocycles. The normalized spacial score (nSPS) is 17.1. The fourth-order valence-electron chi connectivity index (χ4n) is 3.04. The molecular weight excluding hydrogens is 338 g/mol. The van der Waals surface area contributed by atoms with Crippen molar-refractivity contribution in [3.8, 4) is 17.1 Å². The van der Waals surface area contributed by atoms with Crippen molar-refractivity contribution in [3.63, 3.8) is 0 Å². The van der Waals surface area contributed by atoms with E-state index in [1.54, 1.807) is 24.3 Å². The van der Waals surface area contributed by atoms with Crippen LogP contribution in [0.4, 0.5) is 5.82 Å². The monoisotopic (exact) mass is 355 g/mol. The van der Waals surface area contributed by atoms with Gasteiger partial charge in [0.25, 0.3) is 0 Å². The smallest absolute Gasteiger partial charge is 0.165 e. The van der Waals surface area contributed by atoms with Crippen molar-refractivity contribution in [2.75, 3.05) is 18.5 Å². The molecule has 0 bridgehead atoms. The van der Waals surface area contributed by atoms with Gasteiger partial charge in [-0.3, -0.25) is 0 Å². The van der Waals surface area contributed by atoms with Crippen molar-refractivity contribution < 1.29 is 9.84 Å². The lowest BCUT2D eigenvalue weighted by Crippen LogP contribution is -2.19. The van der Waals surface area contributed by atoms with Gasteiger partial charge in [0.2, 0.25) is 0 Å². The first kappa shape index (κ1) is 16.1. The van der Waals surface area contributed by atoms with Gasteiger partial charge < -0.3 is 15.2 Å². The molecule has 1 aliphatic heterocycles. The molecule has 1 atom stereocenters. The number of aromatic nitrogens is 2. The van der Waals surface area contributed by atoms with Crippen molar-refractivity contribution in [2.24, 2.45) is 0 Å². The summed E-state index contributed by atoms with van der Waals surface area (Å²) in [5, 5.41) is 15.0. The van der Waals surface area contributed by atoms with Gasteiger partial charge in [-0.05, 0) is 43.2 Å². The molecule has 0 aliphatic carbocycles. The molecule has 0 spiro atoms. The van der Waals surface area contributed by atoms with Gasteiger partial charge >= 0.3 is 0 Å². The van der Waals surface area contributed by atoms with Gasteiger partial charge in [-0.15, -0.1) is 0 Å². The molecule has 2 aromatic carbocycles. The second-order valence-electron chi connectivity index (χ2n) is 6.09. The first-order chi connectivity index (χ1) is 12.2. The van der Waals surface area contributed by atoms with Crippen LogP contribution in [0.1, 0.15) is 12.8 Å². The van der Waals surface area contributed by atoms with E-state index >= 15 is 0 Å². The SMILES string of the molecule is Oc1ccccc1-c1nc(NCC2CCCO2)c2ccc(Cl)cc2n1. The minimum atomic E-state index is 0.147. The van der Waals surface area contributed by atoms with E-state index in [-0.39, 0.29) is 11.9 Å². The molecule has 4 rings (SSSR count). The Morgan fingerprint density at radius 1 is 1.20 bits per heavy atom. The lowest BCUT2D eigenvalue weighted by atomic mass is 10.1. The number of halogens is 1. The highest BCUT2D eigenvalue weighted by atomic mass is 35.5. The van der Waals surface area contributed by atoms with Gasteiger partial charge in [0, 0.05) is 23.6 Å². The van der Waals surface area contributed by atoms with E-state index in [1.807, 2.05) is 18.2 Å². The van der Waals surface area contributed by atoms with E-state index < -0.39 is 0 Å². The number of nitrogens with zero attached hydrogens (tertiary/aromatic N) is 2. The van der Waals surface area contributed by atoms with E-state index in [0.717, 1.165) is 36.2 Å². The molecule has 6 heteroatoms. The number of rotatable bonds is 4. The second kappa shape index (κ2) is 6.86. The molecule has 1 fully saturated rings. The van der Waals surface area contributed by atoms with Crippen LogP contribution in [-0.4, -0.2) is 34.3 Å². The minimum absolute atomic E-state index is 0.147. The number of fused-ring (bicyclic) bond motifs is 1. The van der Waals surface area contributed by atoms with Gasteiger partial charge in [-0.1, -0.05) is 23.7 Å². The number of phenols is 1. The van der Waals surface area contributed by atoms with Crippen LogP contribution in [0, 0.1) is 0 Å². The first-order valence-corrected chi connectivity index (χ1v) is 8.69. The van der Waals surface area contributed by atoms with Gasteiger partial charge in [-0.25, -0.2) is 9.97 Å². The summed E-state index contributed by atoms with van der Waals surface area (Å²) in [6, 6.07) is 12.6. The number of nitrogens with one attached hydrogen (secondary N) is 1. The molecule has 0 amide bonds. The Hall–Kier alpha value is -2.37. The lowest BCUT2D eigenvalue weighted by molar-refractivity contribution is 0.120. The molecule has 1 aromatic heterocycles. The highest BCUT2D eigenvalue weighted by molar-refractivity contribution is 6.31. The summed E-state index contributed by atoms with van der Waals surface area (Å²) in [5.74, 6) is 1.33. The number of benzene rings is 2. The number of ether oxygens (including phenoxy) is 1. The van der Waals surface area contributed by atoms with E-state index in [9.17, 15) is 5.11 Å². The minimum Gasteiger partial charge on any atom is -0.507 e. The first-order valence-electron chi connectivity index (χ1n) is 8.32. The fraction of sp³-hybridized carbons (Fsp3) is 0.263. The molecule has 0 radical (unpaired) electrons. The van der Waals surface area contributed by atoms with Crippen LogP contribution in [-0.2, 0) is 4.74 Å². The molecular formula is C19H18ClN3O2. The van der Waals surface area contributed by atoms with E-state index in [0.29, 0.717) is 23.0 Å². The molecule has 1 unspecified atom stereocenters. The third-order valence-corrected chi connectivity index (χ3v) is 4.56. The van der Waals surface area contributed by atoms with E-state index in [2.05, 4.69) is 15.3 Å². The quantitative estimate of drug-likeness (QED) is 0.732. The van der Waals surface area contributed by atoms with E-state index in [1.165, 1.54) is 0 Å². The van der Waals surface area contributed by atoms with Crippen LogP contribution in [0.15, 0.2) is 42.5 Å². The topological polar surface area (TPSA) is 67.3 Å². The summed E-state index contributed by atoms with van der Waals surface area (Å²) in [6.45, 7) is 1.50. The van der Waals surface area contributed by atoms with Crippen molar-refractivity contribution in [3.05, 3.63) is 47.5 Å². The van der Waals surface area contributed by atoms with Crippen molar-refractivity contribution >= 4 is 28.3 Å². The zero-order chi connectivity index (χ0) is 17.2. The van der Waals surface area contributed by atoms with Crippen LogP contribution in [0.5, 0.6) is 5.75 Å². The molecule has 1 aliphatic rings. The van der Waals surface area contributed by atoms with Gasteiger partial charge in [-0.2, -0.15) is 0 Å². The fourth-order valence-corrected chi connectivity index (χ4v) is 3.20. The molecule has 2 heterocycles. The average Bonchev–Trinajstić information content (AvgIpc) is 3.13. The molecule has 0 saturated carbocycles. The number of anilines is 1. The molecule has 2 N–H and O–H groups in total. The summed E-state index contributed by atoms with van der Waals surface area (Å²) < 4.78 is 5.67. The highest BCUT2D eigenvalue weighted by Crippen LogP contribution is 2.31. The number of hydrogen-bond donors (Lipinski definition) is 2. The molecule has 5 nitrogen and oxygen atoms in total. The Morgan fingerprint density at radius 2 is 2.08 bits per heavy atom. The molecule has 128 valence electrons. The summed E-state index contributed by atoms with van der Waals surface area (Å²) in [4.78, 5) is 9.22. The van der Waals surface area contributed by atoms with Crippen LogP contribution in [0.25, 0.3) is 22.3 Å². The zero-order valence-corrected chi connectivity index (χ0v) is 14.3. The predicted molar refractivity (Wildman–Crippen MR) is 99.1 cm³/mol. The maximum Gasteiger partial charge on any atom is 0.165 e. The van der Waals surface area contributed by atoms with Gasteiger partial charge in [0.1, 0.15) is 11.6 Å². The van der Waals surface area contributed by atoms with Gasteiger partial charge in [0.15, 0.2) is 5.82 Å². The van der Waals surface area contributed by atoms with Crippen molar-refractivity contribution in [1.82, 2.24) is 9.97 Å². The Labute approximate surface area is 150 Å². The summed E-state index contributed by atoms with van der Waals surface area (Å²) in [5.41, 5.74) is 1.32. The van der Waals surface area contributed by atoms with Crippen LogP contribution >= 0.6 is 11.6 Å². The molecule has 3 aromatic rings. The summed E-state index contributed by atoms with van der Waals surface area (Å²) >= 11 is 6.13.